The predicted octanol–water partition coefficient (Wildman–Crippen LogP) is 0.960. The molecule has 0 fully saturated rings. The Morgan fingerprint density at radius 2 is 1.94 bits per heavy atom. The molecule has 0 heterocycles. The molecule has 1 amide bonds. The van der Waals surface area contributed by atoms with E-state index < -0.39 is 5.54 Å². The molecule has 0 saturated carbocycles. The van der Waals surface area contributed by atoms with Crippen LogP contribution in [0.5, 0.6) is 0 Å². The smallest absolute Gasteiger partial charge is 0.237 e. The summed E-state index contributed by atoms with van der Waals surface area (Å²) in [6.45, 7) is 7.00. The third kappa shape index (κ3) is 6.08. The first-order valence-electron chi connectivity index (χ1n) is 6.00. The van der Waals surface area contributed by atoms with Crippen molar-refractivity contribution in [1.82, 2.24) is 10.2 Å². The zero-order valence-electron chi connectivity index (χ0n) is 11.3. The normalized spacial score (nSPS) is 15.4. The predicted molar refractivity (Wildman–Crippen MR) is 68.3 cm³/mol. The number of carbonyl (C=O) groups is 1. The molecule has 1 unspecified atom stereocenters. The molecule has 0 saturated heterocycles. The van der Waals surface area contributed by atoms with E-state index in [4.69, 9.17) is 5.73 Å². The number of nitrogens with zero attached hydrogens (tertiary/aromatic N) is 1. The molecule has 4 heteroatoms. The Kier molecular flexibility index (Phi) is 6.60. The second-order valence-electron chi connectivity index (χ2n) is 5.26. The second-order valence-corrected chi connectivity index (χ2v) is 5.26. The van der Waals surface area contributed by atoms with Gasteiger partial charge in [-0.05, 0) is 60.7 Å². The minimum Gasteiger partial charge on any atom is -0.368 e. The molecule has 0 spiro atoms. The summed E-state index contributed by atoms with van der Waals surface area (Å²) < 4.78 is 0. The molecule has 0 rings (SSSR count). The Balaban J connectivity index is 4.08. The van der Waals surface area contributed by atoms with Crippen molar-refractivity contribution in [2.24, 2.45) is 5.73 Å². The highest BCUT2D eigenvalue weighted by molar-refractivity contribution is 5.84. The lowest BCUT2D eigenvalue weighted by Gasteiger charge is -2.30. The number of unbranched alkanes of at least 4 members (excludes halogenated alkanes) is 1. The van der Waals surface area contributed by atoms with Gasteiger partial charge in [0, 0.05) is 6.04 Å². The van der Waals surface area contributed by atoms with Crippen molar-refractivity contribution in [3.8, 4) is 0 Å². The van der Waals surface area contributed by atoms with Crippen LogP contribution in [0.25, 0.3) is 0 Å². The number of primary amides is 1. The molecule has 3 N–H and O–H groups in total. The molecule has 16 heavy (non-hydrogen) atoms. The summed E-state index contributed by atoms with van der Waals surface area (Å²) in [7, 11) is 4.11. The first-order chi connectivity index (χ1) is 7.28. The van der Waals surface area contributed by atoms with E-state index >= 15 is 0 Å². The molecule has 0 aliphatic carbocycles. The Hall–Kier alpha value is -0.610. The minimum absolute atomic E-state index is 0.258. The van der Waals surface area contributed by atoms with E-state index in [1.54, 1.807) is 0 Å². The zero-order valence-corrected chi connectivity index (χ0v) is 11.3. The average molecular weight is 229 g/mol. The lowest BCUT2D eigenvalue weighted by atomic mass is 9.93. The van der Waals surface area contributed by atoms with Crippen LogP contribution in [0, 0.1) is 0 Å². The van der Waals surface area contributed by atoms with E-state index in [1.807, 2.05) is 20.8 Å². The van der Waals surface area contributed by atoms with Crippen molar-refractivity contribution in [3.63, 3.8) is 0 Å². The SMILES string of the molecule is CC(C)NC(C)(CCCCN(C)C)C(N)=O. The fraction of sp³-hybridized carbons (Fsp3) is 0.917. The molecular weight excluding hydrogens is 202 g/mol. The largest absolute Gasteiger partial charge is 0.368 e. The summed E-state index contributed by atoms with van der Waals surface area (Å²) in [5, 5.41) is 3.26. The Labute approximate surface area is 99.6 Å². The number of carbonyl (C=O) groups excluding carboxylic acids is 1. The van der Waals surface area contributed by atoms with Gasteiger partial charge >= 0.3 is 0 Å². The number of rotatable bonds is 8. The molecule has 1 atom stereocenters. The first-order valence-corrected chi connectivity index (χ1v) is 6.00. The topological polar surface area (TPSA) is 58.4 Å². The van der Waals surface area contributed by atoms with Crippen LogP contribution in [0.15, 0.2) is 0 Å². The molecule has 0 aromatic rings. The summed E-state index contributed by atoms with van der Waals surface area (Å²) in [6, 6.07) is 0.270. The van der Waals surface area contributed by atoms with Gasteiger partial charge in [0.1, 0.15) is 0 Å². The van der Waals surface area contributed by atoms with Crippen molar-refractivity contribution >= 4 is 5.91 Å². The van der Waals surface area contributed by atoms with Crippen LogP contribution < -0.4 is 11.1 Å². The van der Waals surface area contributed by atoms with Crippen molar-refractivity contribution < 1.29 is 4.79 Å². The summed E-state index contributed by atoms with van der Waals surface area (Å²) >= 11 is 0. The molecule has 4 nitrogen and oxygen atoms in total. The van der Waals surface area contributed by atoms with Crippen molar-refractivity contribution in [3.05, 3.63) is 0 Å². The van der Waals surface area contributed by atoms with Gasteiger partial charge in [0.2, 0.25) is 5.91 Å². The second kappa shape index (κ2) is 6.86. The maximum atomic E-state index is 11.4. The summed E-state index contributed by atoms with van der Waals surface area (Å²) in [6.07, 6.45) is 2.90. The third-order valence-electron chi connectivity index (χ3n) is 2.68. The molecule has 0 radical (unpaired) electrons. The monoisotopic (exact) mass is 229 g/mol. The van der Waals surface area contributed by atoms with Gasteiger partial charge in [0.05, 0.1) is 5.54 Å². The van der Waals surface area contributed by atoms with Crippen LogP contribution in [0.4, 0.5) is 0 Å². The van der Waals surface area contributed by atoms with Gasteiger partial charge in [0.25, 0.3) is 0 Å². The van der Waals surface area contributed by atoms with Crippen molar-refractivity contribution in [2.45, 2.75) is 51.6 Å². The molecule has 0 aromatic heterocycles. The maximum Gasteiger partial charge on any atom is 0.237 e. The van der Waals surface area contributed by atoms with E-state index in [0.717, 1.165) is 25.8 Å². The Morgan fingerprint density at radius 1 is 1.38 bits per heavy atom. The lowest BCUT2D eigenvalue weighted by Crippen LogP contribution is -2.55. The van der Waals surface area contributed by atoms with Gasteiger partial charge < -0.3 is 16.0 Å². The molecule has 0 aliphatic rings. The number of nitrogens with two attached hydrogens (primary N) is 1. The molecular formula is C12H27N3O. The van der Waals surface area contributed by atoms with E-state index in [2.05, 4.69) is 24.3 Å². The van der Waals surface area contributed by atoms with E-state index in [1.165, 1.54) is 0 Å². The van der Waals surface area contributed by atoms with Crippen LogP contribution in [-0.4, -0.2) is 43.0 Å². The number of hydrogen-bond acceptors (Lipinski definition) is 3. The van der Waals surface area contributed by atoms with Gasteiger partial charge in [-0.3, -0.25) is 4.79 Å². The molecule has 0 aromatic carbocycles. The van der Waals surface area contributed by atoms with E-state index in [9.17, 15) is 4.79 Å². The Morgan fingerprint density at radius 3 is 2.31 bits per heavy atom. The highest BCUT2D eigenvalue weighted by atomic mass is 16.1. The highest BCUT2D eigenvalue weighted by Gasteiger charge is 2.30. The third-order valence-corrected chi connectivity index (χ3v) is 2.68. The molecule has 96 valence electrons. The van der Waals surface area contributed by atoms with Crippen LogP contribution >= 0.6 is 0 Å². The number of nitrogens with one attached hydrogen (secondary N) is 1. The van der Waals surface area contributed by atoms with Crippen LogP contribution in [0.1, 0.15) is 40.0 Å². The fourth-order valence-electron chi connectivity index (χ4n) is 1.81. The van der Waals surface area contributed by atoms with Gasteiger partial charge in [-0.1, -0.05) is 0 Å². The number of hydrogen-bond donors (Lipinski definition) is 2. The van der Waals surface area contributed by atoms with Gasteiger partial charge in [-0.15, -0.1) is 0 Å². The Bertz CT molecular complexity index is 216. The highest BCUT2D eigenvalue weighted by Crippen LogP contribution is 2.14. The maximum absolute atomic E-state index is 11.4. The zero-order chi connectivity index (χ0) is 12.8. The van der Waals surface area contributed by atoms with Crippen molar-refractivity contribution in [2.75, 3.05) is 20.6 Å². The molecule has 0 bridgehead atoms. The standard InChI is InChI=1S/C12H27N3O/c1-10(2)14-12(3,11(13)16)8-6-7-9-15(4)5/h10,14H,6-9H2,1-5H3,(H2,13,16). The summed E-state index contributed by atoms with van der Waals surface area (Å²) in [5.41, 5.74) is 4.88. The van der Waals surface area contributed by atoms with E-state index in [0.29, 0.717) is 0 Å². The minimum atomic E-state index is -0.569. The first kappa shape index (κ1) is 15.4. The summed E-state index contributed by atoms with van der Waals surface area (Å²) in [5.74, 6) is -0.258. The van der Waals surface area contributed by atoms with Gasteiger partial charge in [-0.2, -0.15) is 0 Å². The average Bonchev–Trinajstić information content (AvgIpc) is 2.10. The van der Waals surface area contributed by atoms with Gasteiger partial charge in [0.15, 0.2) is 0 Å². The molecule has 0 aliphatic heterocycles. The van der Waals surface area contributed by atoms with E-state index in [-0.39, 0.29) is 11.9 Å². The quantitative estimate of drug-likeness (QED) is 0.610. The fourth-order valence-corrected chi connectivity index (χ4v) is 1.81. The summed E-state index contributed by atoms with van der Waals surface area (Å²) in [4.78, 5) is 13.6. The van der Waals surface area contributed by atoms with Crippen LogP contribution in [0.2, 0.25) is 0 Å². The number of amides is 1. The van der Waals surface area contributed by atoms with Gasteiger partial charge in [-0.25, -0.2) is 0 Å². The van der Waals surface area contributed by atoms with Crippen LogP contribution in [-0.2, 0) is 4.79 Å². The van der Waals surface area contributed by atoms with Crippen molar-refractivity contribution in [1.29, 1.82) is 0 Å². The lowest BCUT2D eigenvalue weighted by molar-refractivity contribution is -0.124. The van der Waals surface area contributed by atoms with Crippen LogP contribution in [0.3, 0.4) is 0 Å².